The van der Waals surface area contributed by atoms with E-state index < -0.39 is 0 Å². The van der Waals surface area contributed by atoms with E-state index in [0.717, 1.165) is 31.2 Å². The van der Waals surface area contributed by atoms with Gasteiger partial charge in [0.15, 0.2) is 6.61 Å². The second-order valence-electron chi connectivity index (χ2n) is 7.08. The Hall–Kier alpha value is -2.55. The Morgan fingerprint density at radius 1 is 1.30 bits per heavy atom. The van der Waals surface area contributed by atoms with Gasteiger partial charge in [-0.15, -0.1) is 0 Å². The van der Waals surface area contributed by atoms with Crippen LogP contribution in [0.5, 0.6) is 5.75 Å². The fraction of sp³-hybridized carbons (Fsp3) is 0.571. The van der Waals surface area contributed by atoms with Crippen LogP contribution in [-0.2, 0) is 16.0 Å². The van der Waals surface area contributed by atoms with Gasteiger partial charge in [-0.1, -0.05) is 25.5 Å². The molecule has 0 aromatic heterocycles. The van der Waals surface area contributed by atoms with Crippen LogP contribution in [0.15, 0.2) is 24.3 Å². The highest BCUT2D eigenvalue weighted by Crippen LogP contribution is 2.22. The summed E-state index contributed by atoms with van der Waals surface area (Å²) in [6, 6.07) is 9.39. The third-order valence-electron chi connectivity index (χ3n) is 4.97. The lowest BCUT2D eigenvalue weighted by atomic mass is 9.92. The number of piperidine rings is 1. The predicted molar refractivity (Wildman–Crippen MR) is 103 cm³/mol. The van der Waals surface area contributed by atoms with E-state index in [2.05, 4.69) is 18.3 Å². The van der Waals surface area contributed by atoms with E-state index in [1.54, 1.807) is 17.0 Å². The van der Waals surface area contributed by atoms with Crippen molar-refractivity contribution in [3.05, 3.63) is 29.8 Å². The Labute approximate surface area is 161 Å². The summed E-state index contributed by atoms with van der Waals surface area (Å²) in [6.07, 6.45) is 4.00. The highest BCUT2D eigenvalue weighted by molar-refractivity contribution is 5.82. The number of carbonyl (C=O) groups excluding carboxylic acids is 2. The first-order valence-corrected chi connectivity index (χ1v) is 9.71. The van der Waals surface area contributed by atoms with Crippen LogP contribution < -0.4 is 10.1 Å². The van der Waals surface area contributed by atoms with Crippen LogP contribution in [0.1, 0.15) is 45.1 Å². The molecule has 2 unspecified atom stereocenters. The maximum absolute atomic E-state index is 12.6. The number of amides is 2. The van der Waals surface area contributed by atoms with Crippen LogP contribution in [0.3, 0.4) is 0 Å². The molecule has 1 N–H and O–H groups in total. The largest absolute Gasteiger partial charge is 0.484 e. The molecule has 6 heteroatoms. The van der Waals surface area contributed by atoms with E-state index in [1.165, 1.54) is 0 Å². The van der Waals surface area contributed by atoms with Crippen LogP contribution >= 0.6 is 0 Å². The number of likely N-dealkylation sites (tertiary alicyclic amines) is 1. The van der Waals surface area contributed by atoms with Crippen molar-refractivity contribution in [2.75, 3.05) is 19.7 Å². The summed E-state index contributed by atoms with van der Waals surface area (Å²) in [4.78, 5) is 26.7. The Kier molecular flexibility index (Phi) is 8.12. The van der Waals surface area contributed by atoms with Gasteiger partial charge in [0.2, 0.25) is 5.91 Å². The molecular formula is C21H29N3O3. The molecule has 0 radical (unpaired) electrons. The summed E-state index contributed by atoms with van der Waals surface area (Å²) in [5.41, 5.74) is 0.915. The van der Waals surface area contributed by atoms with Gasteiger partial charge in [0.05, 0.1) is 18.4 Å². The fourth-order valence-electron chi connectivity index (χ4n) is 3.22. The van der Waals surface area contributed by atoms with E-state index in [1.807, 2.05) is 19.1 Å². The number of nitrogens with zero attached hydrogens (tertiary/aromatic N) is 2. The van der Waals surface area contributed by atoms with Crippen molar-refractivity contribution in [2.45, 2.75) is 52.0 Å². The van der Waals surface area contributed by atoms with Crippen LogP contribution in [0.4, 0.5) is 0 Å². The molecule has 2 atom stereocenters. The zero-order valence-electron chi connectivity index (χ0n) is 16.2. The number of benzene rings is 1. The monoisotopic (exact) mass is 371 g/mol. The van der Waals surface area contributed by atoms with Gasteiger partial charge in [-0.3, -0.25) is 9.59 Å². The Bertz CT molecular complexity index is 666. The minimum atomic E-state index is -0.146. The zero-order chi connectivity index (χ0) is 19.6. The van der Waals surface area contributed by atoms with Crippen molar-refractivity contribution in [1.29, 1.82) is 5.26 Å². The second-order valence-corrected chi connectivity index (χ2v) is 7.08. The first-order valence-electron chi connectivity index (χ1n) is 9.71. The third-order valence-corrected chi connectivity index (χ3v) is 4.97. The highest BCUT2D eigenvalue weighted by atomic mass is 16.5. The number of unbranched alkanes of at least 4 members (excludes halogenated alkanes) is 1. The lowest BCUT2D eigenvalue weighted by Gasteiger charge is -2.37. The number of nitriles is 1. The van der Waals surface area contributed by atoms with Crippen molar-refractivity contribution in [2.24, 2.45) is 5.92 Å². The lowest BCUT2D eigenvalue weighted by Crippen LogP contribution is -2.50. The summed E-state index contributed by atoms with van der Waals surface area (Å²) in [5.74, 6) is 0.396. The molecule has 1 heterocycles. The Morgan fingerprint density at radius 2 is 2.04 bits per heavy atom. The van der Waals surface area contributed by atoms with E-state index in [4.69, 9.17) is 10.00 Å². The maximum atomic E-state index is 12.6. The van der Waals surface area contributed by atoms with Gasteiger partial charge in [0, 0.05) is 19.1 Å². The molecule has 1 aromatic carbocycles. The molecule has 27 heavy (non-hydrogen) atoms. The van der Waals surface area contributed by atoms with Crippen molar-refractivity contribution >= 4 is 11.8 Å². The molecule has 1 fully saturated rings. The van der Waals surface area contributed by atoms with Gasteiger partial charge in [0.1, 0.15) is 5.75 Å². The highest BCUT2D eigenvalue weighted by Gasteiger charge is 2.32. The quantitative estimate of drug-likeness (QED) is 0.712. The number of hydrogen-bond acceptors (Lipinski definition) is 4. The Morgan fingerprint density at radius 3 is 2.70 bits per heavy atom. The predicted octanol–water partition coefficient (Wildman–Crippen LogP) is 2.67. The average Bonchev–Trinajstić information content (AvgIpc) is 2.68. The van der Waals surface area contributed by atoms with E-state index >= 15 is 0 Å². The van der Waals surface area contributed by atoms with Crippen molar-refractivity contribution in [3.63, 3.8) is 0 Å². The van der Waals surface area contributed by atoms with Gasteiger partial charge in [-0.2, -0.15) is 5.26 Å². The normalized spacial score (nSPS) is 19.2. The zero-order valence-corrected chi connectivity index (χ0v) is 16.2. The lowest BCUT2D eigenvalue weighted by molar-refractivity contribution is -0.140. The molecule has 0 bridgehead atoms. The smallest absolute Gasteiger partial charge is 0.260 e. The van der Waals surface area contributed by atoms with Crippen molar-refractivity contribution in [3.8, 4) is 11.8 Å². The van der Waals surface area contributed by atoms with Gasteiger partial charge >= 0.3 is 0 Å². The molecule has 1 aliphatic rings. The number of hydrogen-bond donors (Lipinski definition) is 1. The number of carbonyl (C=O) groups is 2. The van der Waals surface area contributed by atoms with E-state index in [-0.39, 0.29) is 30.4 Å². The molecule has 1 aromatic rings. The Balaban J connectivity index is 1.86. The molecule has 6 nitrogen and oxygen atoms in total. The summed E-state index contributed by atoms with van der Waals surface area (Å²) in [7, 11) is 0. The molecule has 2 rings (SSSR count). The van der Waals surface area contributed by atoms with Gasteiger partial charge in [-0.25, -0.2) is 0 Å². The molecule has 0 aliphatic carbocycles. The number of rotatable bonds is 8. The summed E-state index contributed by atoms with van der Waals surface area (Å²) in [6.45, 7) is 5.19. The maximum Gasteiger partial charge on any atom is 0.260 e. The summed E-state index contributed by atoms with van der Waals surface area (Å²) in [5, 5.41) is 11.7. The molecule has 2 amide bonds. The number of nitrogens with one attached hydrogen (secondary N) is 1. The molecule has 0 spiro atoms. The van der Waals surface area contributed by atoms with Crippen molar-refractivity contribution in [1.82, 2.24) is 10.2 Å². The van der Waals surface area contributed by atoms with Gasteiger partial charge < -0.3 is 15.0 Å². The summed E-state index contributed by atoms with van der Waals surface area (Å²) >= 11 is 0. The van der Waals surface area contributed by atoms with Crippen LogP contribution in [0.25, 0.3) is 0 Å². The SMILES string of the molecule is CCCCNC(=O)C1CCC(C)N(C(=O)COc2ccc(CC#N)cc2)C1. The second kappa shape index (κ2) is 10.6. The molecule has 146 valence electrons. The van der Waals surface area contributed by atoms with Crippen LogP contribution in [0.2, 0.25) is 0 Å². The topological polar surface area (TPSA) is 82.4 Å². The van der Waals surface area contributed by atoms with E-state index in [0.29, 0.717) is 25.3 Å². The molecule has 1 aliphatic heterocycles. The minimum absolute atomic E-state index is 0.0437. The standard InChI is InChI=1S/C21H29N3O3/c1-3-4-13-23-21(26)18-8-5-16(2)24(14-18)20(25)15-27-19-9-6-17(7-10-19)11-12-22/h6-7,9-10,16,18H,3-5,8,11,13-15H2,1-2H3,(H,23,26). The van der Waals surface area contributed by atoms with Crippen LogP contribution in [-0.4, -0.2) is 42.5 Å². The number of ether oxygens (including phenoxy) is 1. The first-order chi connectivity index (χ1) is 13.0. The van der Waals surface area contributed by atoms with Crippen molar-refractivity contribution < 1.29 is 14.3 Å². The van der Waals surface area contributed by atoms with Crippen LogP contribution in [0, 0.1) is 17.2 Å². The van der Waals surface area contributed by atoms with Gasteiger partial charge in [-0.05, 0) is 43.9 Å². The molecule has 0 saturated carbocycles. The minimum Gasteiger partial charge on any atom is -0.484 e. The fourth-order valence-corrected chi connectivity index (χ4v) is 3.22. The molecule has 1 saturated heterocycles. The summed E-state index contributed by atoms with van der Waals surface area (Å²) < 4.78 is 5.60. The first kappa shape index (κ1) is 20.8. The molecular weight excluding hydrogens is 342 g/mol. The average molecular weight is 371 g/mol. The van der Waals surface area contributed by atoms with Gasteiger partial charge in [0.25, 0.3) is 5.91 Å². The van der Waals surface area contributed by atoms with E-state index in [9.17, 15) is 9.59 Å². The third kappa shape index (κ3) is 6.28.